The van der Waals surface area contributed by atoms with Crippen LogP contribution in [0.5, 0.6) is 0 Å². The SMILES string of the molecule is Cc1ccc(-c2nnn(-c3ccccc3C)c2N)c(C)c1. The van der Waals surface area contributed by atoms with E-state index in [0.717, 1.165) is 28.1 Å². The number of nitrogens with zero attached hydrogens (tertiary/aromatic N) is 3. The number of aryl methyl sites for hydroxylation is 3. The number of para-hydroxylation sites is 1. The average molecular weight is 278 g/mol. The summed E-state index contributed by atoms with van der Waals surface area (Å²) in [6, 6.07) is 14.2. The maximum atomic E-state index is 6.28. The molecule has 3 aromatic rings. The predicted octanol–water partition coefficient (Wildman–Crippen LogP) is 3.44. The van der Waals surface area contributed by atoms with Gasteiger partial charge in [-0.05, 0) is 38.0 Å². The number of hydrogen-bond acceptors (Lipinski definition) is 3. The number of rotatable bonds is 2. The van der Waals surface area contributed by atoms with E-state index in [1.54, 1.807) is 4.68 Å². The summed E-state index contributed by atoms with van der Waals surface area (Å²) < 4.78 is 1.70. The molecule has 0 unspecified atom stereocenters. The lowest BCUT2D eigenvalue weighted by Crippen LogP contribution is -2.04. The van der Waals surface area contributed by atoms with Gasteiger partial charge >= 0.3 is 0 Å². The third kappa shape index (κ3) is 2.29. The van der Waals surface area contributed by atoms with E-state index >= 15 is 0 Å². The fraction of sp³-hybridized carbons (Fsp3) is 0.176. The van der Waals surface area contributed by atoms with Gasteiger partial charge in [0.1, 0.15) is 5.69 Å². The topological polar surface area (TPSA) is 56.7 Å². The molecule has 0 aliphatic carbocycles. The summed E-state index contributed by atoms with van der Waals surface area (Å²) in [6.45, 7) is 6.17. The molecule has 2 aromatic carbocycles. The summed E-state index contributed by atoms with van der Waals surface area (Å²) in [7, 11) is 0. The van der Waals surface area contributed by atoms with E-state index in [1.165, 1.54) is 5.56 Å². The number of nitrogens with two attached hydrogens (primary N) is 1. The molecule has 21 heavy (non-hydrogen) atoms. The van der Waals surface area contributed by atoms with Crippen LogP contribution < -0.4 is 5.73 Å². The first-order chi connectivity index (χ1) is 10.1. The van der Waals surface area contributed by atoms with Gasteiger partial charge in [-0.25, -0.2) is 0 Å². The zero-order chi connectivity index (χ0) is 15.0. The van der Waals surface area contributed by atoms with Crippen molar-refractivity contribution in [2.75, 3.05) is 5.73 Å². The van der Waals surface area contributed by atoms with Crippen LogP contribution in [0, 0.1) is 20.8 Å². The molecule has 0 bridgehead atoms. The molecule has 0 amide bonds. The molecule has 1 heterocycles. The lowest BCUT2D eigenvalue weighted by Gasteiger charge is -2.08. The molecule has 0 radical (unpaired) electrons. The van der Waals surface area contributed by atoms with E-state index in [1.807, 2.05) is 37.3 Å². The van der Waals surface area contributed by atoms with Gasteiger partial charge in [0.05, 0.1) is 5.69 Å². The Bertz CT molecular complexity index is 802. The maximum absolute atomic E-state index is 6.28. The molecule has 2 N–H and O–H groups in total. The highest BCUT2D eigenvalue weighted by atomic mass is 15.5. The van der Waals surface area contributed by atoms with Gasteiger partial charge in [-0.15, -0.1) is 5.10 Å². The second-order valence-corrected chi connectivity index (χ2v) is 5.34. The Kier molecular flexibility index (Phi) is 3.22. The standard InChI is InChI=1S/C17H18N4/c1-11-8-9-14(13(3)10-11)16-17(18)21(20-19-16)15-7-5-4-6-12(15)2/h4-10H,18H2,1-3H3. The molecular formula is C17H18N4. The van der Waals surface area contributed by atoms with Crippen LogP contribution in [-0.4, -0.2) is 15.0 Å². The number of anilines is 1. The van der Waals surface area contributed by atoms with E-state index in [0.29, 0.717) is 5.82 Å². The quantitative estimate of drug-likeness (QED) is 0.781. The minimum Gasteiger partial charge on any atom is -0.382 e. The monoisotopic (exact) mass is 278 g/mol. The largest absolute Gasteiger partial charge is 0.382 e. The van der Waals surface area contributed by atoms with Crippen molar-refractivity contribution in [1.82, 2.24) is 15.0 Å². The molecule has 4 nitrogen and oxygen atoms in total. The van der Waals surface area contributed by atoms with Crippen molar-refractivity contribution in [2.24, 2.45) is 0 Å². The molecule has 0 saturated carbocycles. The predicted molar refractivity (Wildman–Crippen MR) is 85.4 cm³/mol. The molecule has 0 fully saturated rings. The van der Waals surface area contributed by atoms with Gasteiger partial charge in [-0.1, -0.05) is 47.2 Å². The summed E-state index contributed by atoms with van der Waals surface area (Å²) in [5.41, 5.74) is 12.5. The van der Waals surface area contributed by atoms with Crippen LogP contribution in [0.2, 0.25) is 0 Å². The molecule has 3 rings (SSSR count). The number of benzene rings is 2. The van der Waals surface area contributed by atoms with Crippen molar-refractivity contribution < 1.29 is 0 Å². The summed E-state index contributed by atoms with van der Waals surface area (Å²) >= 11 is 0. The van der Waals surface area contributed by atoms with Gasteiger partial charge in [0.15, 0.2) is 5.82 Å². The van der Waals surface area contributed by atoms with E-state index in [4.69, 9.17) is 5.73 Å². The van der Waals surface area contributed by atoms with Crippen molar-refractivity contribution in [1.29, 1.82) is 0 Å². The molecule has 0 aliphatic rings. The lowest BCUT2D eigenvalue weighted by molar-refractivity contribution is 0.806. The normalized spacial score (nSPS) is 10.8. The second-order valence-electron chi connectivity index (χ2n) is 5.34. The summed E-state index contributed by atoms with van der Waals surface area (Å²) in [6.07, 6.45) is 0. The van der Waals surface area contributed by atoms with E-state index in [2.05, 4.69) is 36.3 Å². The average Bonchev–Trinajstić information content (AvgIpc) is 2.81. The molecular weight excluding hydrogens is 260 g/mol. The fourth-order valence-electron chi connectivity index (χ4n) is 2.54. The van der Waals surface area contributed by atoms with Crippen molar-refractivity contribution in [3.05, 3.63) is 59.2 Å². The third-order valence-electron chi connectivity index (χ3n) is 3.69. The van der Waals surface area contributed by atoms with Crippen LogP contribution in [0.25, 0.3) is 16.9 Å². The Morgan fingerprint density at radius 2 is 1.71 bits per heavy atom. The summed E-state index contributed by atoms with van der Waals surface area (Å²) in [4.78, 5) is 0. The Labute approximate surface area is 124 Å². The van der Waals surface area contributed by atoms with Crippen LogP contribution >= 0.6 is 0 Å². The van der Waals surface area contributed by atoms with Crippen molar-refractivity contribution >= 4 is 5.82 Å². The van der Waals surface area contributed by atoms with Gasteiger partial charge in [-0.3, -0.25) is 0 Å². The third-order valence-corrected chi connectivity index (χ3v) is 3.69. The Morgan fingerprint density at radius 3 is 2.43 bits per heavy atom. The Balaban J connectivity index is 2.14. The number of hydrogen-bond donors (Lipinski definition) is 1. The molecule has 1 aromatic heterocycles. The van der Waals surface area contributed by atoms with Gasteiger partial charge in [0, 0.05) is 5.56 Å². The van der Waals surface area contributed by atoms with Crippen molar-refractivity contribution in [2.45, 2.75) is 20.8 Å². The minimum absolute atomic E-state index is 0.566. The number of nitrogen functional groups attached to an aromatic ring is 1. The smallest absolute Gasteiger partial charge is 0.155 e. The first kappa shape index (κ1) is 13.4. The first-order valence-electron chi connectivity index (χ1n) is 6.92. The fourth-order valence-corrected chi connectivity index (χ4v) is 2.54. The van der Waals surface area contributed by atoms with Crippen LogP contribution in [0.1, 0.15) is 16.7 Å². The van der Waals surface area contributed by atoms with Crippen LogP contribution in [0.3, 0.4) is 0 Å². The number of aromatic nitrogens is 3. The van der Waals surface area contributed by atoms with Crippen LogP contribution in [0.4, 0.5) is 5.82 Å². The maximum Gasteiger partial charge on any atom is 0.155 e. The van der Waals surface area contributed by atoms with Gasteiger partial charge in [0.25, 0.3) is 0 Å². The molecule has 0 spiro atoms. The Morgan fingerprint density at radius 1 is 0.952 bits per heavy atom. The molecule has 0 atom stereocenters. The highest BCUT2D eigenvalue weighted by molar-refractivity contribution is 5.74. The van der Waals surface area contributed by atoms with Crippen LogP contribution in [0.15, 0.2) is 42.5 Å². The summed E-state index contributed by atoms with van der Waals surface area (Å²) in [5, 5.41) is 8.51. The first-order valence-corrected chi connectivity index (χ1v) is 6.92. The minimum atomic E-state index is 0.566. The van der Waals surface area contributed by atoms with Gasteiger partial charge in [0.2, 0.25) is 0 Å². The van der Waals surface area contributed by atoms with E-state index in [-0.39, 0.29) is 0 Å². The second kappa shape index (κ2) is 5.05. The van der Waals surface area contributed by atoms with Gasteiger partial charge < -0.3 is 5.73 Å². The molecule has 0 aliphatic heterocycles. The van der Waals surface area contributed by atoms with E-state index in [9.17, 15) is 0 Å². The van der Waals surface area contributed by atoms with Crippen molar-refractivity contribution in [3.8, 4) is 16.9 Å². The van der Waals surface area contributed by atoms with E-state index < -0.39 is 0 Å². The molecule has 106 valence electrons. The Hall–Kier alpha value is -2.62. The highest BCUT2D eigenvalue weighted by Gasteiger charge is 2.15. The zero-order valence-corrected chi connectivity index (χ0v) is 12.5. The highest BCUT2D eigenvalue weighted by Crippen LogP contribution is 2.29. The lowest BCUT2D eigenvalue weighted by atomic mass is 10.0. The molecule has 4 heteroatoms. The zero-order valence-electron chi connectivity index (χ0n) is 12.5. The molecule has 0 saturated heterocycles. The van der Waals surface area contributed by atoms with Crippen LogP contribution in [-0.2, 0) is 0 Å². The summed E-state index contributed by atoms with van der Waals surface area (Å²) in [5.74, 6) is 0.566. The van der Waals surface area contributed by atoms with Crippen molar-refractivity contribution in [3.63, 3.8) is 0 Å². The van der Waals surface area contributed by atoms with Gasteiger partial charge in [-0.2, -0.15) is 4.68 Å².